The zero-order valence-electron chi connectivity index (χ0n) is 18.1. The van der Waals surface area contributed by atoms with E-state index in [1.165, 1.54) is 4.90 Å². The summed E-state index contributed by atoms with van der Waals surface area (Å²) in [7, 11) is 1.62. The maximum Gasteiger partial charge on any atom is 0.291 e. The number of carbonyl (C=O) groups is 3. The lowest BCUT2D eigenvalue weighted by molar-refractivity contribution is -0.312. The fraction of sp³-hybridized carbons (Fsp3) is 0.609. The molecule has 3 atom stereocenters. The third-order valence-electron chi connectivity index (χ3n) is 5.76. The summed E-state index contributed by atoms with van der Waals surface area (Å²) in [6.45, 7) is 7.34. The summed E-state index contributed by atoms with van der Waals surface area (Å²) >= 11 is 0. The average molecular weight is 403 g/mol. The van der Waals surface area contributed by atoms with Crippen LogP contribution in [0, 0.1) is 11.3 Å². The van der Waals surface area contributed by atoms with Gasteiger partial charge in [-0.05, 0) is 48.8 Å². The molecule has 29 heavy (non-hydrogen) atoms. The first-order valence-electron chi connectivity index (χ1n) is 10.3. The summed E-state index contributed by atoms with van der Waals surface area (Å²) in [6, 6.07) is 6.79. The van der Waals surface area contributed by atoms with Crippen LogP contribution in [-0.4, -0.2) is 42.3 Å². The minimum Gasteiger partial charge on any atom is -0.548 e. The molecule has 1 heterocycles. The maximum atomic E-state index is 12.7. The van der Waals surface area contributed by atoms with Gasteiger partial charge in [0, 0.05) is 12.0 Å². The molecule has 1 aliphatic heterocycles. The van der Waals surface area contributed by atoms with Crippen molar-refractivity contribution in [1.82, 2.24) is 4.90 Å². The third-order valence-corrected chi connectivity index (χ3v) is 5.76. The SMILES string of the molecule is CCCC(c1ccc(OC)cc1)C1CCN(C(=O)C(=O)C(C)(C)C)C(C(=O)[O-])C1. The molecule has 160 valence electrons. The molecule has 1 aromatic rings. The standard InChI is InChI=1S/C23H33NO5/c1-6-7-18(15-8-10-17(29-5)11-9-15)16-12-13-24(19(14-16)22(27)28)21(26)20(25)23(2,3)4/h8-11,16,18-19H,6-7,12-14H2,1-5H3,(H,27,28)/p-1. The predicted octanol–water partition coefficient (Wildman–Crippen LogP) is 2.55. The van der Waals surface area contributed by atoms with Gasteiger partial charge < -0.3 is 19.5 Å². The lowest BCUT2D eigenvalue weighted by atomic mass is 9.75. The van der Waals surface area contributed by atoms with E-state index >= 15 is 0 Å². The van der Waals surface area contributed by atoms with Crippen molar-refractivity contribution in [3.05, 3.63) is 29.8 Å². The number of hydrogen-bond donors (Lipinski definition) is 0. The Balaban J connectivity index is 2.24. The highest BCUT2D eigenvalue weighted by Gasteiger charge is 2.40. The number of benzene rings is 1. The molecule has 0 aliphatic carbocycles. The number of rotatable bonds is 7. The molecule has 1 saturated heterocycles. The fourth-order valence-corrected chi connectivity index (χ4v) is 4.11. The number of hydrogen-bond acceptors (Lipinski definition) is 5. The lowest BCUT2D eigenvalue weighted by Crippen LogP contribution is -2.57. The number of carboxylic acid groups (broad SMARTS) is 1. The second-order valence-electron chi connectivity index (χ2n) is 8.87. The molecule has 1 aromatic carbocycles. The van der Waals surface area contributed by atoms with Gasteiger partial charge in [0.1, 0.15) is 5.75 Å². The molecule has 0 N–H and O–H groups in total. The molecule has 6 heteroatoms. The van der Waals surface area contributed by atoms with Crippen LogP contribution in [0.5, 0.6) is 5.75 Å². The van der Waals surface area contributed by atoms with Crippen LogP contribution < -0.4 is 9.84 Å². The largest absolute Gasteiger partial charge is 0.548 e. The van der Waals surface area contributed by atoms with Gasteiger partial charge >= 0.3 is 0 Å². The van der Waals surface area contributed by atoms with Crippen molar-refractivity contribution in [2.24, 2.45) is 11.3 Å². The Bertz CT molecular complexity index is 735. The normalized spacial score (nSPS) is 20.8. The van der Waals surface area contributed by atoms with E-state index in [1.807, 2.05) is 24.3 Å². The van der Waals surface area contributed by atoms with E-state index in [1.54, 1.807) is 27.9 Å². The van der Waals surface area contributed by atoms with Crippen LogP contribution in [0.3, 0.4) is 0 Å². The first-order chi connectivity index (χ1) is 13.6. The van der Waals surface area contributed by atoms with Gasteiger partial charge in [-0.2, -0.15) is 0 Å². The first-order valence-corrected chi connectivity index (χ1v) is 10.3. The van der Waals surface area contributed by atoms with Crippen molar-refractivity contribution in [1.29, 1.82) is 0 Å². The molecule has 6 nitrogen and oxygen atoms in total. The Morgan fingerprint density at radius 1 is 1.21 bits per heavy atom. The average Bonchev–Trinajstić information content (AvgIpc) is 2.70. The quantitative estimate of drug-likeness (QED) is 0.654. The van der Waals surface area contributed by atoms with Crippen molar-refractivity contribution in [2.45, 2.75) is 65.3 Å². The molecular formula is C23H32NO5-. The number of likely N-dealkylation sites (tertiary alicyclic amines) is 1. The molecule has 0 bridgehead atoms. The molecule has 0 radical (unpaired) electrons. The van der Waals surface area contributed by atoms with Gasteiger partial charge in [-0.25, -0.2) is 0 Å². The lowest BCUT2D eigenvalue weighted by Gasteiger charge is -2.43. The number of aliphatic carboxylic acids is 1. The van der Waals surface area contributed by atoms with E-state index in [2.05, 4.69) is 6.92 Å². The Morgan fingerprint density at radius 3 is 2.31 bits per heavy atom. The number of methoxy groups -OCH3 is 1. The number of carbonyl (C=O) groups excluding carboxylic acids is 3. The van der Waals surface area contributed by atoms with Gasteiger partial charge in [0.2, 0.25) is 5.78 Å². The smallest absolute Gasteiger partial charge is 0.291 e. The van der Waals surface area contributed by atoms with Crippen LogP contribution in [0.2, 0.25) is 0 Å². The number of nitrogens with zero attached hydrogens (tertiary/aromatic N) is 1. The van der Waals surface area contributed by atoms with E-state index in [4.69, 9.17) is 4.74 Å². The summed E-state index contributed by atoms with van der Waals surface area (Å²) in [5.41, 5.74) is 0.290. The van der Waals surface area contributed by atoms with E-state index in [9.17, 15) is 19.5 Å². The van der Waals surface area contributed by atoms with Gasteiger partial charge in [-0.3, -0.25) is 9.59 Å². The van der Waals surface area contributed by atoms with Gasteiger partial charge in [0.05, 0.1) is 19.1 Å². The molecular weight excluding hydrogens is 370 g/mol. The number of carboxylic acids is 1. The summed E-state index contributed by atoms with van der Waals surface area (Å²) in [5.74, 6) is -1.53. The Kier molecular flexibility index (Phi) is 7.44. The van der Waals surface area contributed by atoms with Crippen LogP contribution in [0.4, 0.5) is 0 Å². The van der Waals surface area contributed by atoms with E-state index in [-0.39, 0.29) is 18.4 Å². The van der Waals surface area contributed by atoms with Crippen LogP contribution in [0.25, 0.3) is 0 Å². The number of Topliss-reactive ketones (excluding diaryl/α,β-unsaturated/α-hetero) is 1. The molecule has 1 fully saturated rings. The van der Waals surface area contributed by atoms with Gasteiger partial charge in [0.15, 0.2) is 0 Å². The van der Waals surface area contributed by atoms with Crippen molar-refractivity contribution < 1.29 is 24.2 Å². The minimum atomic E-state index is -1.30. The van der Waals surface area contributed by atoms with Gasteiger partial charge in [-0.1, -0.05) is 46.2 Å². The van der Waals surface area contributed by atoms with E-state index < -0.39 is 29.1 Å². The number of ketones is 1. The maximum absolute atomic E-state index is 12.7. The predicted molar refractivity (Wildman–Crippen MR) is 108 cm³/mol. The molecule has 0 aromatic heterocycles. The Hall–Kier alpha value is -2.37. The first kappa shape index (κ1) is 22.9. The van der Waals surface area contributed by atoms with Crippen molar-refractivity contribution in [3.63, 3.8) is 0 Å². The Morgan fingerprint density at radius 2 is 1.83 bits per heavy atom. The van der Waals surface area contributed by atoms with Crippen LogP contribution >= 0.6 is 0 Å². The number of piperidine rings is 1. The van der Waals surface area contributed by atoms with Crippen molar-refractivity contribution >= 4 is 17.7 Å². The summed E-state index contributed by atoms with van der Waals surface area (Å²) in [5, 5.41) is 11.9. The van der Waals surface area contributed by atoms with E-state index in [0.717, 1.165) is 24.2 Å². The highest BCUT2D eigenvalue weighted by Crippen LogP contribution is 2.39. The monoisotopic (exact) mass is 402 g/mol. The van der Waals surface area contributed by atoms with Crippen molar-refractivity contribution in [2.75, 3.05) is 13.7 Å². The second kappa shape index (κ2) is 9.42. The van der Waals surface area contributed by atoms with Crippen LogP contribution in [0.1, 0.15) is 64.9 Å². The third kappa shape index (κ3) is 5.37. The summed E-state index contributed by atoms with van der Waals surface area (Å²) < 4.78 is 5.23. The van der Waals surface area contributed by atoms with E-state index in [0.29, 0.717) is 12.8 Å². The van der Waals surface area contributed by atoms with Gasteiger partial charge in [0.25, 0.3) is 5.91 Å². The Labute approximate surface area is 173 Å². The number of amides is 1. The fourth-order valence-electron chi connectivity index (χ4n) is 4.11. The van der Waals surface area contributed by atoms with Gasteiger partial charge in [-0.15, -0.1) is 0 Å². The van der Waals surface area contributed by atoms with Crippen LogP contribution in [-0.2, 0) is 14.4 Å². The summed E-state index contributed by atoms with van der Waals surface area (Å²) in [6.07, 6.45) is 2.84. The summed E-state index contributed by atoms with van der Waals surface area (Å²) in [4.78, 5) is 38.1. The highest BCUT2D eigenvalue weighted by atomic mass is 16.5. The van der Waals surface area contributed by atoms with Crippen LogP contribution in [0.15, 0.2) is 24.3 Å². The zero-order chi connectivity index (χ0) is 21.8. The molecule has 0 saturated carbocycles. The number of ether oxygens (including phenoxy) is 1. The molecule has 1 amide bonds. The van der Waals surface area contributed by atoms with Crippen molar-refractivity contribution in [3.8, 4) is 5.75 Å². The zero-order valence-corrected chi connectivity index (χ0v) is 18.1. The molecule has 0 spiro atoms. The highest BCUT2D eigenvalue weighted by molar-refractivity contribution is 6.38. The molecule has 2 rings (SSSR count). The minimum absolute atomic E-state index is 0.0973. The second-order valence-corrected chi connectivity index (χ2v) is 8.87. The topological polar surface area (TPSA) is 86.7 Å². The molecule has 3 unspecified atom stereocenters. The molecule has 1 aliphatic rings.